The van der Waals surface area contributed by atoms with E-state index in [4.69, 9.17) is 4.43 Å². The van der Waals surface area contributed by atoms with E-state index in [2.05, 4.69) is 39.8 Å². The number of rotatable bonds is 5. The Hall–Kier alpha value is -0.763. The number of para-hydroxylation sites is 1. The van der Waals surface area contributed by atoms with Gasteiger partial charge in [-0.1, -0.05) is 45.9 Å². The topological polar surface area (TPSA) is 9.23 Å². The van der Waals surface area contributed by atoms with Crippen molar-refractivity contribution in [3.8, 4) is 5.75 Å². The van der Waals surface area contributed by atoms with Gasteiger partial charge in [-0.25, -0.2) is 0 Å². The summed E-state index contributed by atoms with van der Waals surface area (Å²) in [4.78, 5) is 0. The second kappa shape index (κ2) is 5.36. The summed E-state index contributed by atoms with van der Waals surface area (Å²) in [7, 11) is -1.56. The molecule has 0 saturated carbocycles. The van der Waals surface area contributed by atoms with E-state index in [9.17, 15) is 0 Å². The molecule has 0 fully saturated rings. The van der Waals surface area contributed by atoms with E-state index >= 15 is 0 Å². The first-order chi connectivity index (χ1) is 7.14. The molecule has 0 N–H and O–H groups in total. The van der Waals surface area contributed by atoms with Crippen molar-refractivity contribution in [1.82, 2.24) is 0 Å². The van der Waals surface area contributed by atoms with Gasteiger partial charge < -0.3 is 4.43 Å². The van der Waals surface area contributed by atoms with Crippen LogP contribution in [0.5, 0.6) is 5.75 Å². The van der Waals surface area contributed by atoms with Crippen molar-refractivity contribution in [2.75, 3.05) is 0 Å². The molecule has 1 aromatic rings. The summed E-state index contributed by atoms with van der Waals surface area (Å²) in [5.74, 6) is 1.04. The quantitative estimate of drug-likeness (QED) is 0.668. The maximum absolute atomic E-state index is 6.30. The highest BCUT2D eigenvalue weighted by atomic mass is 28.4. The Morgan fingerprint density at radius 1 is 1.07 bits per heavy atom. The lowest BCUT2D eigenvalue weighted by Crippen LogP contribution is -2.43. The van der Waals surface area contributed by atoms with Crippen molar-refractivity contribution in [2.45, 2.75) is 45.3 Å². The van der Waals surface area contributed by atoms with Gasteiger partial charge in [0.15, 0.2) is 0 Å². The normalized spacial score (nSPS) is 11.8. The lowest BCUT2D eigenvalue weighted by molar-refractivity contribution is 0.515. The van der Waals surface area contributed by atoms with E-state index in [1.54, 1.807) is 0 Å². The fourth-order valence-corrected chi connectivity index (χ4v) is 5.31. The fraction of sp³-hybridized carbons (Fsp3) is 0.538. The van der Waals surface area contributed by atoms with Crippen LogP contribution in [0.25, 0.3) is 0 Å². The molecule has 1 rings (SSSR count). The Kier molecular flexibility index (Phi) is 4.39. The van der Waals surface area contributed by atoms with E-state index in [1.807, 2.05) is 18.2 Å². The van der Waals surface area contributed by atoms with Gasteiger partial charge in [-0.2, -0.15) is 0 Å². The molecule has 0 atom stereocenters. The molecule has 84 valence electrons. The first-order valence-corrected chi connectivity index (χ1v) is 8.28. The first-order valence-electron chi connectivity index (χ1n) is 5.88. The van der Waals surface area contributed by atoms with Crippen LogP contribution in [0.2, 0.25) is 17.6 Å². The summed E-state index contributed by atoms with van der Waals surface area (Å²) in [6, 6.07) is 12.6. The Morgan fingerprint density at radius 2 is 1.60 bits per heavy atom. The Labute approximate surface area is 94.6 Å². The summed E-state index contributed by atoms with van der Waals surface area (Å²) in [6.45, 7) is 9.11. The van der Waals surface area contributed by atoms with Crippen LogP contribution < -0.4 is 4.43 Å². The molecule has 1 aromatic carbocycles. The Bertz CT molecular complexity index is 278. The van der Waals surface area contributed by atoms with Crippen molar-refractivity contribution in [1.29, 1.82) is 0 Å². The number of hydrogen-bond acceptors (Lipinski definition) is 1. The molecule has 2 heteroatoms. The highest BCUT2D eigenvalue weighted by molar-refractivity contribution is 6.75. The highest BCUT2D eigenvalue weighted by Crippen LogP contribution is 2.31. The average molecular weight is 222 g/mol. The molecule has 15 heavy (non-hydrogen) atoms. The zero-order valence-electron chi connectivity index (χ0n) is 10.3. The third kappa shape index (κ3) is 2.85. The minimum atomic E-state index is -1.56. The third-order valence-electron chi connectivity index (χ3n) is 3.31. The van der Waals surface area contributed by atoms with E-state index in [0.29, 0.717) is 5.54 Å². The predicted molar refractivity (Wildman–Crippen MR) is 68.9 cm³/mol. The standard InChI is InChI=1S/C13H22OSi/c1-5-15(6-2,12(3)4)14-13-10-8-7-9-11-13/h7-12H,5-6H2,1-4H3. The van der Waals surface area contributed by atoms with Crippen molar-refractivity contribution >= 4 is 8.32 Å². The molecular formula is C13H22OSi. The van der Waals surface area contributed by atoms with Gasteiger partial charge in [-0.3, -0.25) is 0 Å². The summed E-state index contributed by atoms with van der Waals surface area (Å²) in [5.41, 5.74) is 0.674. The van der Waals surface area contributed by atoms with Crippen LogP contribution in [0.4, 0.5) is 0 Å². The van der Waals surface area contributed by atoms with Crippen molar-refractivity contribution in [3.05, 3.63) is 30.3 Å². The van der Waals surface area contributed by atoms with Crippen LogP contribution in [0.15, 0.2) is 30.3 Å². The summed E-state index contributed by atoms with van der Waals surface area (Å²) in [5, 5.41) is 0. The van der Waals surface area contributed by atoms with Crippen molar-refractivity contribution in [3.63, 3.8) is 0 Å². The molecule has 1 nitrogen and oxygen atoms in total. The molecule has 0 spiro atoms. The number of benzene rings is 1. The SMILES string of the molecule is CC[Si](CC)(Oc1ccccc1)C(C)C. The van der Waals surface area contributed by atoms with Crippen LogP contribution in [-0.2, 0) is 0 Å². The average Bonchev–Trinajstić information content (AvgIpc) is 2.27. The van der Waals surface area contributed by atoms with E-state index < -0.39 is 8.32 Å². The maximum atomic E-state index is 6.30. The zero-order valence-corrected chi connectivity index (χ0v) is 11.3. The molecule has 0 bridgehead atoms. The van der Waals surface area contributed by atoms with Crippen molar-refractivity contribution < 1.29 is 4.43 Å². The molecule has 0 heterocycles. The van der Waals surface area contributed by atoms with Crippen LogP contribution in [0.1, 0.15) is 27.7 Å². The molecule has 0 aromatic heterocycles. The van der Waals surface area contributed by atoms with Gasteiger partial charge >= 0.3 is 0 Å². The lowest BCUT2D eigenvalue weighted by atomic mass is 10.3. The van der Waals surface area contributed by atoms with Gasteiger partial charge in [-0.05, 0) is 29.8 Å². The molecule has 0 radical (unpaired) electrons. The number of hydrogen-bond donors (Lipinski definition) is 0. The Morgan fingerprint density at radius 3 is 2.00 bits per heavy atom. The smallest absolute Gasteiger partial charge is 0.253 e. The van der Waals surface area contributed by atoms with Gasteiger partial charge in [0.25, 0.3) is 8.32 Å². The predicted octanol–water partition coefficient (Wildman–Crippen LogP) is 4.46. The molecule has 0 aliphatic carbocycles. The van der Waals surface area contributed by atoms with Crippen molar-refractivity contribution in [2.24, 2.45) is 0 Å². The molecule has 0 aliphatic heterocycles. The van der Waals surface area contributed by atoms with Crippen LogP contribution in [0.3, 0.4) is 0 Å². The fourth-order valence-electron chi connectivity index (χ4n) is 2.05. The maximum Gasteiger partial charge on any atom is 0.253 e. The van der Waals surface area contributed by atoms with E-state index in [1.165, 1.54) is 12.1 Å². The third-order valence-corrected chi connectivity index (χ3v) is 8.45. The summed E-state index contributed by atoms with van der Waals surface area (Å²) < 4.78 is 6.30. The summed E-state index contributed by atoms with van der Waals surface area (Å²) >= 11 is 0. The first kappa shape index (κ1) is 12.3. The zero-order chi connectivity index (χ0) is 11.3. The van der Waals surface area contributed by atoms with Crippen LogP contribution >= 0.6 is 0 Å². The van der Waals surface area contributed by atoms with E-state index in [0.717, 1.165) is 5.75 Å². The lowest BCUT2D eigenvalue weighted by Gasteiger charge is -2.33. The van der Waals surface area contributed by atoms with Gasteiger partial charge in [0.1, 0.15) is 5.75 Å². The highest BCUT2D eigenvalue weighted by Gasteiger charge is 2.36. The minimum absolute atomic E-state index is 0.674. The molecule has 0 unspecified atom stereocenters. The van der Waals surface area contributed by atoms with Gasteiger partial charge in [-0.15, -0.1) is 0 Å². The Balaban J connectivity index is 2.84. The van der Waals surface area contributed by atoms with E-state index in [-0.39, 0.29) is 0 Å². The monoisotopic (exact) mass is 222 g/mol. The summed E-state index contributed by atoms with van der Waals surface area (Å²) in [6.07, 6.45) is 0. The minimum Gasteiger partial charge on any atom is -0.543 e. The molecule has 0 saturated heterocycles. The van der Waals surface area contributed by atoms with Crippen LogP contribution in [0, 0.1) is 0 Å². The molecule has 0 amide bonds. The van der Waals surface area contributed by atoms with Gasteiger partial charge in [0.05, 0.1) is 0 Å². The second-order valence-electron chi connectivity index (χ2n) is 4.34. The van der Waals surface area contributed by atoms with Crippen LogP contribution in [-0.4, -0.2) is 8.32 Å². The van der Waals surface area contributed by atoms with Gasteiger partial charge in [0, 0.05) is 0 Å². The molecule has 0 aliphatic rings. The van der Waals surface area contributed by atoms with Gasteiger partial charge in [0.2, 0.25) is 0 Å². The second-order valence-corrected chi connectivity index (χ2v) is 9.24. The molecular weight excluding hydrogens is 200 g/mol. The largest absolute Gasteiger partial charge is 0.543 e.